The Morgan fingerprint density at radius 2 is 0.602 bits per heavy atom. The Bertz CT molecular complexity index is 9410. The van der Waals surface area contributed by atoms with Crippen LogP contribution in [-0.2, 0) is 16.2 Å². The van der Waals surface area contributed by atoms with E-state index in [0.29, 0.717) is 55.6 Å². The molecule has 4 heterocycles. The first-order valence-corrected chi connectivity index (χ1v) is 42.6. The van der Waals surface area contributed by atoms with Crippen molar-refractivity contribution in [1.82, 2.24) is 9.13 Å². The molecule has 25 rings (SSSR count). The minimum absolute atomic E-state index is 0.153. The second kappa shape index (κ2) is 28.8. The number of aromatic nitrogens is 2. The Hall–Kier alpha value is -15.6. The van der Waals surface area contributed by atoms with Gasteiger partial charge >= 0.3 is 0 Å². The Balaban J connectivity index is 0.930. The van der Waals surface area contributed by atoms with Crippen molar-refractivity contribution in [2.45, 2.75) is 57.8 Å². The van der Waals surface area contributed by atoms with Gasteiger partial charge in [0.05, 0.1) is 80.0 Å². The zero-order chi connectivity index (χ0) is 112. The van der Waals surface area contributed by atoms with Crippen molar-refractivity contribution in [3.05, 3.63) is 463 Å². The van der Waals surface area contributed by atoms with Crippen molar-refractivity contribution in [3.63, 3.8) is 0 Å². The van der Waals surface area contributed by atoms with Gasteiger partial charge in [-0.25, -0.2) is 0 Å². The second-order valence-electron chi connectivity index (χ2n) is 35.0. The monoisotopic (exact) mass is 1660 g/mol. The maximum atomic E-state index is 12.3. The van der Waals surface area contributed by atoms with Crippen LogP contribution >= 0.6 is 0 Å². The van der Waals surface area contributed by atoms with E-state index in [9.17, 15) is 32.9 Å². The van der Waals surface area contributed by atoms with Crippen LogP contribution < -0.4 is 26.2 Å². The summed E-state index contributed by atoms with van der Waals surface area (Å²) in [5, 5.41) is -2.19. The third kappa shape index (κ3) is 11.4. The maximum Gasteiger partial charge on any atom is 0.252 e. The molecule has 4 nitrogen and oxygen atoms in total. The van der Waals surface area contributed by atoms with Crippen molar-refractivity contribution in [1.29, 1.82) is 0 Å². The van der Waals surface area contributed by atoms with Gasteiger partial charge in [-0.15, -0.1) is 0 Å². The molecule has 0 unspecified atom stereocenters. The zero-order valence-electron chi connectivity index (χ0n) is 100. The Labute approximate surface area is 790 Å². The smallest absolute Gasteiger partial charge is 0.252 e. The summed E-state index contributed by atoms with van der Waals surface area (Å²) in [5.74, 6) is 0. The van der Waals surface area contributed by atoms with E-state index < -0.39 is 281 Å². The Kier molecular flexibility index (Phi) is 11.3. The molecule has 128 heavy (non-hydrogen) atoms. The lowest BCUT2D eigenvalue weighted by Crippen LogP contribution is -2.61. The molecule has 604 valence electrons. The highest BCUT2D eigenvalue weighted by Gasteiger charge is 2.52. The van der Waals surface area contributed by atoms with Gasteiger partial charge in [0.2, 0.25) is 0 Å². The topological polar surface area (TPSA) is 16.3 Å². The molecule has 21 aromatic rings. The summed E-state index contributed by atoms with van der Waals surface area (Å²) in [4.78, 5) is 3.68. The van der Waals surface area contributed by atoms with Crippen LogP contribution in [0.2, 0.25) is 0 Å². The Morgan fingerprint density at radius 1 is 0.250 bits per heavy atom. The fraction of sp³-hybridized carbons (Fsp3) is 0.0732. The van der Waals surface area contributed by atoms with Gasteiger partial charge in [-0.05, 0) is 241 Å². The summed E-state index contributed by atoms with van der Waals surface area (Å²) in [7, 11) is 0. The third-order valence-electron chi connectivity index (χ3n) is 25.9. The second-order valence-corrected chi connectivity index (χ2v) is 35.0. The van der Waals surface area contributed by atoms with E-state index in [1.807, 2.05) is 210 Å². The SMILES string of the molecule is [2H]c1c([2H])c([2H])c(-c2c([2H])c([2H])c3c(c2[2H])c2c([2H])c([2H])c([2H])c([2H])c2n3-c2c([2H])c([2H])c3c(c2[2H])N(c2c(-c4ccccc4)cc(C(C)(C)C)cc2-c2ccccc2)c2cc(-c4ccc5c(c4)-c4ccccc4C54c5ccccc5-c5ccccc54)cc4c2B3c2c([2H])c([2H])c(-n3c5c([2H])c([2H])c([2H])c([2H])c5c5c([2H])c(-c6c([2H])c([2H])c([2H])c([2H])c6[2H])c([2H])c([2H])c53)c([2H])c2N4c2c(-c3ccccc3)cc(C(C)(C)C)cc2-c2ccccc2)c([2H])c1[2H]. The van der Waals surface area contributed by atoms with Crippen LogP contribution in [0.4, 0.5) is 34.1 Å². The quantitative estimate of drug-likeness (QED) is 0.120. The van der Waals surface area contributed by atoms with Gasteiger partial charge in [-0.2, -0.15) is 0 Å². The minimum atomic E-state index is -1.88. The van der Waals surface area contributed by atoms with E-state index in [2.05, 4.69) is 90.1 Å². The first-order valence-electron chi connectivity index (χ1n) is 57.6. The van der Waals surface area contributed by atoms with Gasteiger partial charge in [0.1, 0.15) is 0 Å². The summed E-state index contributed by atoms with van der Waals surface area (Å²) in [6.07, 6.45) is 0. The molecule has 0 N–H and O–H groups in total. The van der Waals surface area contributed by atoms with Crippen LogP contribution in [0.5, 0.6) is 0 Å². The predicted octanol–water partition coefficient (Wildman–Crippen LogP) is 30.6. The van der Waals surface area contributed by atoms with Gasteiger partial charge in [-0.1, -0.05) is 369 Å². The van der Waals surface area contributed by atoms with Crippen molar-refractivity contribution in [2.75, 3.05) is 9.80 Å². The van der Waals surface area contributed by atoms with Gasteiger partial charge in [0.25, 0.3) is 6.71 Å². The molecule has 0 fully saturated rings. The molecule has 5 heteroatoms. The van der Waals surface area contributed by atoms with E-state index in [1.165, 1.54) is 0 Å². The molecule has 0 saturated carbocycles. The summed E-state index contributed by atoms with van der Waals surface area (Å²) >= 11 is 0. The van der Waals surface area contributed by atoms with Gasteiger partial charge in [0, 0.05) is 77.9 Å². The number of nitrogens with zero attached hydrogens (tertiary/aromatic N) is 4. The Morgan fingerprint density at radius 3 is 1.00 bits per heavy atom. The number of hydrogen-bond acceptors (Lipinski definition) is 2. The van der Waals surface area contributed by atoms with Crippen LogP contribution in [0.1, 0.15) is 116 Å². The van der Waals surface area contributed by atoms with Crippen molar-refractivity contribution < 1.29 is 41.1 Å². The number of hydrogen-bond donors (Lipinski definition) is 0. The maximum absolute atomic E-state index is 12.3. The number of fused-ring (bicyclic) bond motifs is 20. The van der Waals surface area contributed by atoms with Crippen molar-refractivity contribution >= 4 is 101 Å². The summed E-state index contributed by atoms with van der Waals surface area (Å²) in [6, 6.07) is 55.0. The van der Waals surface area contributed by atoms with Crippen LogP contribution in [0, 0.1) is 0 Å². The molecule has 0 amide bonds. The number of para-hydroxylation sites is 2. The molecule has 2 aliphatic heterocycles. The standard InChI is InChI=1S/C123H89BN4/c1-121(2,3)88-72-97(80-39-17-9-18-40-80)119(98(73-88)81-41-19-10-20-42-81)127-114-76-90(125-110-55-33-28-50-95(110)102-68-84(58-65-112(102)125)78-35-13-7-14-36-78)60-63-108(114)124-109-64-61-91(126-111-56-34-29-51-96(111)103-69-85(59-66-113(103)126)79-37-15-8-16-38-79)77-115(109)128(120-99(82-43-21-11-22-44-82)74-89(122(4,5)6)75-100(120)83-45-23-12-24-46-83)117-71-87(70-116(127)118(117)124)86-57-62-107-101(67-86)94-49-27-32-54-106(94)123(107)104-52-30-25-47-92(104)93-48-26-31-53-105(93)123/h7-77H,1-6H3/i7D,8D,13D,14D,15D,16D,28D,29D,33D,34D,35D,36D,37D,38D,50D,51D,55D,56D,58D,59D,60D,61D,63D,64D,65D,66D,68D,69D,76D,77D. The van der Waals surface area contributed by atoms with Crippen LogP contribution in [0.25, 0.3) is 155 Å². The van der Waals surface area contributed by atoms with Crippen LogP contribution in [-0.4, -0.2) is 15.8 Å². The zero-order valence-corrected chi connectivity index (χ0v) is 70.0. The predicted molar refractivity (Wildman–Crippen MR) is 541 cm³/mol. The fourth-order valence-electron chi connectivity index (χ4n) is 20.1. The molecular formula is C123H89BN4. The van der Waals surface area contributed by atoms with Crippen molar-refractivity contribution in [3.8, 4) is 112 Å². The fourth-order valence-corrected chi connectivity index (χ4v) is 20.1. The first kappa shape index (κ1) is 50.4. The number of anilines is 6. The van der Waals surface area contributed by atoms with E-state index in [0.717, 1.165) is 64.8 Å². The molecule has 0 atom stereocenters. The molecule has 0 saturated heterocycles. The average molecular weight is 1660 g/mol. The first-order chi connectivity index (χ1) is 75.3. The molecule has 1 spiro atoms. The molecule has 0 bridgehead atoms. The minimum Gasteiger partial charge on any atom is -0.310 e. The number of benzene rings is 19. The van der Waals surface area contributed by atoms with E-state index in [1.54, 1.807) is 0 Å². The average Bonchev–Trinajstić information content (AvgIpc) is 0.888. The van der Waals surface area contributed by atoms with E-state index in [-0.39, 0.29) is 50.5 Å². The lowest BCUT2D eigenvalue weighted by Gasteiger charge is -2.46. The normalized spacial score (nSPS) is 16.5. The molecule has 4 aliphatic rings. The highest BCUT2D eigenvalue weighted by molar-refractivity contribution is 7.00. The van der Waals surface area contributed by atoms with Gasteiger partial charge in [0.15, 0.2) is 0 Å². The highest BCUT2D eigenvalue weighted by Crippen LogP contribution is 2.64. The van der Waals surface area contributed by atoms with Gasteiger partial charge < -0.3 is 18.9 Å². The van der Waals surface area contributed by atoms with Crippen LogP contribution in [0.3, 0.4) is 0 Å². The van der Waals surface area contributed by atoms with E-state index >= 15 is 0 Å². The highest BCUT2D eigenvalue weighted by atomic mass is 15.2. The summed E-state index contributed by atoms with van der Waals surface area (Å²) < 4.78 is 306. The molecule has 0 radical (unpaired) electrons. The number of rotatable bonds is 11. The molecule has 2 aliphatic carbocycles. The van der Waals surface area contributed by atoms with Gasteiger partial charge in [-0.3, -0.25) is 0 Å². The van der Waals surface area contributed by atoms with E-state index in [4.69, 9.17) is 8.22 Å². The lowest BCUT2D eigenvalue weighted by atomic mass is 9.33. The molecule has 19 aromatic carbocycles. The van der Waals surface area contributed by atoms with Crippen molar-refractivity contribution in [2.24, 2.45) is 0 Å². The summed E-state index contributed by atoms with van der Waals surface area (Å²) in [6.45, 7) is 10.5. The molecular weight excluding hydrogens is 1540 g/mol. The largest absolute Gasteiger partial charge is 0.310 e. The summed E-state index contributed by atoms with van der Waals surface area (Å²) in [5.41, 5.74) is 5.40. The lowest BCUT2D eigenvalue weighted by molar-refractivity contribution is 0.590. The van der Waals surface area contributed by atoms with Crippen LogP contribution in [0.15, 0.2) is 430 Å². The third-order valence-corrected chi connectivity index (χ3v) is 25.9. The molecule has 2 aromatic heterocycles.